The van der Waals surface area contributed by atoms with E-state index in [-0.39, 0.29) is 11.7 Å². The molecular weight excluding hydrogens is 262 g/mol. The van der Waals surface area contributed by atoms with E-state index in [1.54, 1.807) is 6.07 Å². The molecule has 0 unspecified atom stereocenters. The fourth-order valence-corrected chi connectivity index (χ4v) is 2.19. The average molecular weight is 272 g/mol. The molecule has 1 fully saturated rings. The normalized spacial score (nSPS) is 16.3. The van der Waals surface area contributed by atoms with Gasteiger partial charge in [0.2, 0.25) is 0 Å². The van der Waals surface area contributed by atoms with E-state index in [9.17, 15) is 10.1 Å². The Balaban J connectivity index is 2.23. The summed E-state index contributed by atoms with van der Waals surface area (Å²) < 4.78 is 0.739. The van der Waals surface area contributed by atoms with Crippen molar-refractivity contribution < 1.29 is 4.92 Å². The van der Waals surface area contributed by atoms with Crippen molar-refractivity contribution in [2.75, 3.05) is 18.0 Å². The summed E-state index contributed by atoms with van der Waals surface area (Å²) in [6.07, 6.45) is 0. The number of nitrogens with two attached hydrogens (primary N) is 1. The van der Waals surface area contributed by atoms with Crippen molar-refractivity contribution >= 4 is 27.3 Å². The highest BCUT2D eigenvalue weighted by Crippen LogP contribution is 2.32. The quantitative estimate of drug-likeness (QED) is 0.654. The van der Waals surface area contributed by atoms with E-state index in [4.69, 9.17) is 5.73 Å². The topological polar surface area (TPSA) is 72.4 Å². The van der Waals surface area contributed by atoms with Gasteiger partial charge in [-0.25, -0.2) is 0 Å². The smallest absolute Gasteiger partial charge is 0.270 e. The minimum absolute atomic E-state index is 0.0930. The summed E-state index contributed by atoms with van der Waals surface area (Å²) in [5.41, 5.74) is 6.72. The van der Waals surface area contributed by atoms with Crippen LogP contribution in [0.1, 0.15) is 0 Å². The van der Waals surface area contributed by atoms with Crippen LogP contribution < -0.4 is 10.6 Å². The van der Waals surface area contributed by atoms with Gasteiger partial charge in [0.15, 0.2) is 0 Å². The minimum atomic E-state index is -0.406. The van der Waals surface area contributed by atoms with Crippen molar-refractivity contribution in [3.63, 3.8) is 0 Å². The van der Waals surface area contributed by atoms with Crippen LogP contribution in [-0.4, -0.2) is 24.1 Å². The monoisotopic (exact) mass is 271 g/mol. The van der Waals surface area contributed by atoms with Gasteiger partial charge in [-0.05, 0) is 22.0 Å². The van der Waals surface area contributed by atoms with E-state index in [0.29, 0.717) is 0 Å². The summed E-state index contributed by atoms with van der Waals surface area (Å²) in [5, 5.41) is 10.5. The highest BCUT2D eigenvalue weighted by atomic mass is 79.9. The second-order valence-corrected chi connectivity index (χ2v) is 4.41. The second kappa shape index (κ2) is 3.79. The third kappa shape index (κ3) is 1.95. The van der Waals surface area contributed by atoms with Crippen LogP contribution in [0, 0.1) is 10.1 Å². The van der Waals surface area contributed by atoms with Crippen LogP contribution >= 0.6 is 15.9 Å². The zero-order valence-electron chi connectivity index (χ0n) is 7.89. The van der Waals surface area contributed by atoms with Gasteiger partial charge in [0.1, 0.15) is 0 Å². The fourth-order valence-electron chi connectivity index (χ4n) is 1.58. The molecule has 2 N–H and O–H groups in total. The number of anilines is 1. The molecule has 1 saturated heterocycles. The first-order valence-corrected chi connectivity index (χ1v) is 5.31. The molecule has 80 valence electrons. The van der Waals surface area contributed by atoms with Gasteiger partial charge < -0.3 is 10.6 Å². The van der Waals surface area contributed by atoms with Crippen LogP contribution in [0.3, 0.4) is 0 Å². The predicted octanol–water partition coefficient (Wildman–Crippen LogP) is 1.50. The maximum Gasteiger partial charge on any atom is 0.270 e. The molecule has 1 aromatic rings. The fraction of sp³-hybridized carbons (Fsp3) is 0.333. The maximum absolute atomic E-state index is 10.5. The summed E-state index contributed by atoms with van der Waals surface area (Å²) in [5.74, 6) is 0. The molecule has 0 saturated carbocycles. The molecule has 0 aliphatic carbocycles. The Bertz CT molecular complexity index is 404. The van der Waals surface area contributed by atoms with Crippen molar-refractivity contribution in [2.24, 2.45) is 5.73 Å². The molecule has 0 radical (unpaired) electrons. The predicted molar refractivity (Wildman–Crippen MR) is 61.0 cm³/mol. The first-order chi connectivity index (χ1) is 7.08. The summed E-state index contributed by atoms with van der Waals surface area (Å²) in [6.45, 7) is 1.60. The van der Waals surface area contributed by atoms with Crippen LogP contribution in [0.2, 0.25) is 0 Å². The lowest BCUT2D eigenvalue weighted by molar-refractivity contribution is -0.384. The summed E-state index contributed by atoms with van der Waals surface area (Å²) in [7, 11) is 0. The number of benzene rings is 1. The highest BCUT2D eigenvalue weighted by Gasteiger charge is 2.25. The molecule has 0 amide bonds. The summed E-state index contributed by atoms with van der Waals surface area (Å²) in [6, 6.07) is 4.98. The van der Waals surface area contributed by atoms with E-state index in [2.05, 4.69) is 20.8 Å². The Labute approximate surface area is 95.1 Å². The van der Waals surface area contributed by atoms with Crippen molar-refractivity contribution in [1.82, 2.24) is 0 Å². The van der Waals surface area contributed by atoms with Gasteiger partial charge in [0, 0.05) is 35.7 Å². The lowest BCUT2D eigenvalue weighted by Gasteiger charge is -2.39. The van der Waals surface area contributed by atoms with E-state index in [1.165, 1.54) is 12.1 Å². The van der Waals surface area contributed by atoms with Crippen molar-refractivity contribution in [1.29, 1.82) is 0 Å². The largest absolute Gasteiger partial charge is 0.367 e. The van der Waals surface area contributed by atoms with Crippen molar-refractivity contribution in [2.45, 2.75) is 6.04 Å². The SMILES string of the molecule is NC1CN(c2ccc([N+](=O)[O-])cc2Br)C1. The van der Waals surface area contributed by atoms with Crippen molar-refractivity contribution in [3.05, 3.63) is 32.8 Å². The third-order valence-electron chi connectivity index (χ3n) is 2.39. The second-order valence-electron chi connectivity index (χ2n) is 3.56. The molecule has 6 heteroatoms. The molecule has 0 bridgehead atoms. The Kier molecular flexibility index (Phi) is 2.62. The van der Waals surface area contributed by atoms with Crippen molar-refractivity contribution in [3.8, 4) is 0 Å². The lowest BCUT2D eigenvalue weighted by Crippen LogP contribution is -2.56. The zero-order chi connectivity index (χ0) is 11.0. The molecular formula is C9H10BrN3O2. The van der Waals surface area contributed by atoms with Crippen LogP contribution in [-0.2, 0) is 0 Å². The van der Waals surface area contributed by atoms with Gasteiger partial charge in [-0.2, -0.15) is 0 Å². The van der Waals surface area contributed by atoms with Gasteiger partial charge in [-0.15, -0.1) is 0 Å². The van der Waals surface area contributed by atoms with E-state index in [1.807, 2.05) is 0 Å². The summed E-state index contributed by atoms with van der Waals surface area (Å²) >= 11 is 3.32. The first-order valence-electron chi connectivity index (χ1n) is 4.52. The molecule has 0 aromatic heterocycles. The average Bonchev–Trinajstić information content (AvgIpc) is 2.13. The van der Waals surface area contributed by atoms with Crippen LogP contribution in [0.4, 0.5) is 11.4 Å². The summed E-state index contributed by atoms with van der Waals surface area (Å²) in [4.78, 5) is 12.2. The molecule has 15 heavy (non-hydrogen) atoms. The maximum atomic E-state index is 10.5. The van der Waals surface area contributed by atoms with Gasteiger partial charge >= 0.3 is 0 Å². The van der Waals surface area contributed by atoms with Gasteiger partial charge in [-0.1, -0.05) is 0 Å². The molecule has 0 atom stereocenters. The van der Waals surface area contributed by atoms with Crippen LogP contribution in [0.5, 0.6) is 0 Å². The molecule has 1 heterocycles. The Morgan fingerprint density at radius 1 is 1.53 bits per heavy atom. The third-order valence-corrected chi connectivity index (χ3v) is 3.03. The number of nitro benzene ring substituents is 1. The molecule has 0 spiro atoms. The molecule has 1 aromatic carbocycles. The van der Waals surface area contributed by atoms with E-state index >= 15 is 0 Å². The number of rotatable bonds is 2. The van der Waals surface area contributed by atoms with Gasteiger partial charge in [-0.3, -0.25) is 10.1 Å². The Morgan fingerprint density at radius 3 is 2.67 bits per heavy atom. The number of nitro groups is 1. The molecule has 1 aliphatic heterocycles. The Hall–Kier alpha value is -1.14. The number of halogens is 1. The van der Waals surface area contributed by atoms with E-state index in [0.717, 1.165) is 23.2 Å². The van der Waals surface area contributed by atoms with E-state index < -0.39 is 4.92 Å². The number of hydrogen-bond acceptors (Lipinski definition) is 4. The highest BCUT2D eigenvalue weighted by molar-refractivity contribution is 9.10. The minimum Gasteiger partial charge on any atom is -0.367 e. The molecule has 2 rings (SSSR count). The number of hydrogen-bond donors (Lipinski definition) is 1. The number of nitrogens with zero attached hydrogens (tertiary/aromatic N) is 2. The lowest BCUT2D eigenvalue weighted by atomic mass is 10.1. The first kappa shape index (κ1) is 10.4. The number of non-ortho nitro benzene ring substituents is 1. The Morgan fingerprint density at radius 2 is 2.20 bits per heavy atom. The van der Waals surface area contributed by atoms with Crippen LogP contribution in [0.15, 0.2) is 22.7 Å². The van der Waals surface area contributed by atoms with Crippen LogP contribution in [0.25, 0.3) is 0 Å². The molecule has 5 nitrogen and oxygen atoms in total. The van der Waals surface area contributed by atoms with Gasteiger partial charge in [0.25, 0.3) is 5.69 Å². The molecule has 1 aliphatic rings. The van der Waals surface area contributed by atoms with Gasteiger partial charge in [0.05, 0.1) is 10.6 Å². The standard InChI is InChI=1S/C9H10BrN3O2/c10-8-3-7(13(14)15)1-2-9(8)12-4-6(11)5-12/h1-3,6H,4-5,11H2. The zero-order valence-corrected chi connectivity index (χ0v) is 9.48.